The summed E-state index contributed by atoms with van der Waals surface area (Å²) in [6.07, 6.45) is 1.73. The topological polar surface area (TPSA) is 65.3 Å². The van der Waals surface area contributed by atoms with Gasteiger partial charge in [-0.3, -0.25) is 0 Å². The summed E-state index contributed by atoms with van der Waals surface area (Å²) in [5.41, 5.74) is 1.45. The van der Waals surface area contributed by atoms with E-state index in [4.69, 9.17) is 10.00 Å². The van der Waals surface area contributed by atoms with E-state index in [1.807, 2.05) is 0 Å². The van der Waals surface area contributed by atoms with Gasteiger partial charge in [0.15, 0.2) is 0 Å². The van der Waals surface area contributed by atoms with Crippen LogP contribution in [0.1, 0.15) is 37.0 Å². The summed E-state index contributed by atoms with van der Waals surface area (Å²) in [5.74, 6) is 0. The molecule has 0 aliphatic carbocycles. The van der Waals surface area contributed by atoms with Gasteiger partial charge < -0.3 is 15.2 Å². The Kier molecular flexibility index (Phi) is 4.92. The van der Waals surface area contributed by atoms with Crippen LogP contribution in [0.5, 0.6) is 0 Å². The van der Waals surface area contributed by atoms with Gasteiger partial charge in [0.2, 0.25) is 0 Å². The Labute approximate surface area is 114 Å². The molecule has 1 saturated heterocycles. The predicted molar refractivity (Wildman–Crippen MR) is 72.6 cm³/mol. The molecular formula is C15H20N2O2. The average molecular weight is 260 g/mol. The minimum atomic E-state index is -0.536. The van der Waals surface area contributed by atoms with E-state index < -0.39 is 6.10 Å². The third kappa shape index (κ3) is 4.03. The number of hydrogen-bond donors (Lipinski definition) is 2. The van der Waals surface area contributed by atoms with Crippen LogP contribution in [-0.2, 0) is 4.74 Å². The number of ether oxygens (including phenoxy) is 1. The number of aliphatic hydroxyl groups excluding tert-OH is 1. The third-order valence-corrected chi connectivity index (χ3v) is 3.51. The zero-order valence-electron chi connectivity index (χ0n) is 11.2. The summed E-state index contributed by atoms with van der Waals surface area (Å²) in [6, 6.07) is 9.55. The van der Waals surface area contributed by atoms with Gasteiger partial charge in [0.05, 0.1) is 23.8 Å². The zero-order valence-corrected chi connectivity index (χ0v) is 11.2. The molecule has 2 rings (SSSR count). The summed E-state index contributed by atoms with van der Waals surface area (Å²) >= 11 is 0. The highest BCUT2D eigenvalue weighted by Crippen LogP contribution is 2.16. The van der Waals surface area contributed by atoms with Crippen LogP contribution in [-0.4, -0.2) is 30.4 Å². The van der Waals surface area contributed by atoms with Crippen molar-refractivity contribution < 1.29 is 9.84 Å². The maximum absolute atomic E-state index is 10.1. The first-order chi connectivity index (χ1) is 9.19. The van der Waals surface area contributed by atoms with Crippen molar-refractivity contribution in [1.29, 1.82) is 5.26 Å². The maximum atomic E-state index is 10.1. The summed E-state index contributed by atoms with van der Waals surface area (Å²) < 4.78 is 5.49. The zero-order chi connectivity index (χ0) is 13.7. The second kappa shape index (κ2) is 6.67. The molecule has 102 valence electrons. The van der Waals surface area contributed by atoms with E-state index in [9.17, 15) is 5.11 Å². The van der Waals surface area contributed by atoms with Gasteiger partial charge in [0.25, 0.3) is 0 Å². The molecule has 19 heavy (non-hydrogen) atoms. The van der Waals surface area contributed by atoms with E-state index in [0.717, 1.165) is 25.0 Å². The van der Waals surface area contributed by atoms with Gasteiger partial charge in [-0.1, -0.05) is 12.1 Å². The van der Waals surface area contributed by atoms with Crippen molar-refractivity contribution in [3.8, 4) is 6.07 Å². The highest BCUT2D eigenvalue weighted by molar-refractivity contribution is 5.32. The first-order valence-corrected chi connectivity index (χ1v) is 6.72. The Morgan fingerprint density at radius 2 is 2.21 bits per heavy atom. The van der Waals surface area contributed by atoms with Gasteiger partial charge in [0.1, 0.15) is 0 Å². The first-order valence-electron chi connectivity index (χ1n) is 6.72. The predicted octanol–water partition coefficient (Wildman–Crippen LogP) is 1.75. The molecule has 1 aromatic rings. The Bertz CT molecular complexity index is 438. The van der Waals surface area contributed by atoms with E-state index in [2.05, 4.69) is 18.3 Å². The van der Waals surface area contributed by atoms with E-state index in [0.29, 0.717) is 24.3 Å². The fourth-order valence-corrected chi connectivity index (χ4v) is 2.36. The highest BCUT2D eigenvalue weighted by Gasteiger charge is 2.19. The van der Waals surface area contributed by atoms with Gasteiger partial charge in [-0.15, -0.1) is 0 Å². The third-order valence-electron chi connectivity index (χ3n) is 3.51. The monoisotopic (exact) mass is 260 g/mol. The molecule has 0 bridgehead atoms. The summed E-state index contributed by atoms with van der Waals surface area (Å²) in [5, 5.41) is 22.2. The first kappa shape index (κ1) is 14.0. The second-order valence-electron chi connectivity index (χ2n) is 5.06. The Morgan fingerprint density at radius 1 is 1.47 bits per heavy atom. The normalized spacial score (nSPS) is 24.7. The molecule has 1 aliphatic rings. The molecule has 1 heterocycles. The number of hydrogen-bond acceptors (Lipinski definition) is 4. The molecule has 0 radical (unpaired) electrons. The van der Waals surface area contributed by atoms with Crippen molar-refractivity contribution in [3.63, 3.8) is 0 Å². The molecule has 4 heteroatoms. The average Bonchev–Trinajstić information content (AvgIpc) is 2.45. The number of rotatable bonds is 4. The van der Waals surface area contributed by atoms with Crippen LogP contribution in [0.4, 0.5) is 0 Å². The summed E-state index contributed by atoms with van der Waals surface area (Å²) in [4.78, 5) is 0. The minimum absolute atomic E-state index is 0.290. The van der Waals surface area contributed by atoms with Crippen molar-refractivity contribution in [1.82, 2.24) is 5.32 Å². The van der Waals surface area contributed by atoms with Crippen molar-refractivity contribution in [3.05, 3.63) is 35.4 Å². The van der Waals surface area contributed by atoms with Crippen LogP contribution in [0.15, 0.2) is 24.3 Å². The van der Waals surface area contributed by atoms with Crippen LogP contribution in [0.25, 0.3) is 0 Å². The maximum Gasteiger partial charge on any atom is 0.0991 e. The van der Waals surface area contributed by atoms with Crippen LogP contribution >= 0.6 is 0 Å². The fourth-order valence-electron chi connectivity index (χ4n) is 2.36. The van der Waals surface area contributed by atoms with E-state index in [1.165, 1.54) is 0 Å². The molecular weight excluding hydrogens is 240 g/mol. The number of aliphatic hydroxyl groups is 1. The molecule has 1 fully saturated rings. The van der Waals surface area contributed by atoms with Gasteiger partial charge in [-0.2, -0.15) is 5.26 Å². The SMILES string of the molecule is CC1CC(NCC(O)c2ccc(C#N)cc2)CCO1. The molecule has 1 aliphatic heterocycles. The lowest BCUT2D eigenvalue weighted by atomic mass is 10.0. The fraction of sp³-hybridized carbons (Fsp3) is 0.533. The number of nitriles is 1. The minimum Gasteiger partial charge on any atom is -0.387 e. The lowest BCUT2D eigenvalue weighted by molar-refractivity contribution is 0.0109. The van der Waals surface area contributed by atoms with Crippen LogP contribution in [0, 0.1) is 11.3 Å². The van der Waals surface area contributed by atoms with Gasteiger partial charge in [-0.05, 0) is 37.5 Å². The summed E-state index contributed by atoms with van der Waals surface area (Å²) in [7, 11) is 0. The lowest BCUT2D eigenvalue weighted by Gasteiger charge is -2.28. The lowest BCUT2D eigenvalue weighted by Crippen LogP contribution is -2.39. The molecule has 3 unspecified atom stereocenters. The van der Waals surface area contributed by atoms with Crippen LogP contribution in [0.2, 0.25) is 0 Å². The Balaban J connectivity index is 1.83. The smallest absolute Gasteiger partial charge is 0.0991 e. The molecule has 3 atom stereocenters. The van der Waals surface area contributed by atoms with Crippen LogP contribution < -0.4 is 5.32 Å². The second-order valence-corrected chi connectivity index (χ2v) is 5.06. The number of benzene rings is 1. The van der Waals surface area contributed by atoms with Gasteiger partial charge in [0, 0.05) is 19.2 Å². The highest BCUT2D eigenvalue weighted by atomic mass is 16.5. The number of nitrogens with zero attached hydrogens (tertiary/aromatic N) is 1. The summed E-state index contributed by atoms with van der Waals surface area (Å²) in [6.45, 7) is 3.39. The molecule has 0 aromatic heterocycles. The largest absolute Gasteiger partial charge is 0.387 e. The van der Waals surface area contributed by atoms with Crippen LogP contribution in [0.3, 0.4) is 0 Å². The molecule has 2 N–H and O–H groups in total. The Morgan fingerprint density at radius 3 is 2.84 bits per heavy atom. The standard InChI is InChI=1S/C15H20N2O2/c1-11-8-14(6-7-19-11)17-10-15(18)13-4-2-12(9-16)3-5-13/h2-5,11,14-15,17-18H,6-8,10H2,1H3. The van der Waals surface area contributed by atoms with Gasteiger partial charge >= 0.3 is 0 Å². The van der Waals surface area contributed by atoms with Crippen molar-refractivity contribution >= 4 is 0 Å². The molecule has 4 nitrogen and oxygen atoms in total. The molecule has 1 aromatic carbocycles. The van der Waals surface area contributed by atoms with E-state index in [-0.39, 0.29) is 0 Å². The molecule has 0 saturated carbocycles. The van der Waals surface area contributed by atoms with Crippen molar-refractivity contribution in [2.75, 3.05) is 13.2 Å². The van der Waals surface area contributed by atoms with E-state index in [1.54, 1.807) is 24.3 Å². The van der Waals surface area contributed by atoms with Crippen molar-refractivity contribution in [2.45, 2.75) is 38.0 Å². The van der Waals surface area contributed by atoms with Crippen molar-refractivity contribution in [2.24, 2.45) is 0 Å². The van der Waals surface area contributed by atoms with Gasteiger partial charge in [-0.25, -0.2) is 0 Å². The quantitative estimate of drug-likeness (QED) is 0.865. The Hall–Kier alpha value is -1.41. The van der Waals surface area contributed by atoms with E-state index >= 15 is 0 Å². The number of nitrogens with one attached hydrogen (secondary N) is 1. The molecule has 0 spiro atoms. The molecule has 0 amide bonds.